The minimum Gasteiger partial charge on any atom is -0.368 e. The third kappa shape index (κ3) is 5.58. The Balaban J connectivity index is 1.78. The quantitative estimate of drug-likeness (QED) is 0.578. The van der Waals surface area contributed by atoms with E-state index in [9.17, 15) is 22.4 Å². The van der Waals surface area contributed by atoms with Crippen LogP contribution in [0.3, 0.4) is 0 Å². The van der Waals surface area contributed by atoms with Gasteiger partial charge in [-0.2, -0.15) is 4.31 Å². The van der Waals surface area contributed by atoms with Crippen molar-refractivity contribution in [3.05, 3.63) is 59.4 Å². The van der Waals surface area contributed by atoms with E-state index in [0.29, 0.717) is 12.2 Å². The summed E-state index contributed by atoms with van der Waals surface area (Å²) in [5.74, 6) is -1.81. The van der Waals surface area contributed by atoms with Crippen LogP contribution < -0.4 is 11.1 Å². The number of nitrogens with one attached hydrogen (secondary N) is 1. The molecule has 1 fully saturated rings. The molecule has 0 saturated carbocycles. The van der Waals surface area contributed by atoms with Crippen molar-refractivity contribution < 1.29 is 22.4 Å². The van der Waals surface area contributed by atoms with Crippen molar-refractivity contribution in [2.75, 3.05) is 25.0 Å². The van der Waals surface area contributed by atoms with Crippen molar-refractivity contribution in [3.63, 3.8) is 0 Å². The zero-order chi connectivity index (χ0) is 24.2. The molecule has 2 aromatic carbocycles. The second-order valence-corrected chi connectivity index (χ2v) is 9.83. The van der Waals surface area contributed by atoms with E-state index in [1.54, 1.807) is 32.0 Å². The lowest BCUT2D eigenvalue weighted by molar-refractivity contribution is -0.122. The van der Waals surface area contributed by atoms with Crippen LogP contribution in [0.4, 0.5) is 10.1 Å². The minimum absolute atomic E-state index is 0.0286. The average molecular weight is 477 g/mol. The smallest absolute Gasteiger partial charge is 0.255 e. The van der Waals surface area contributed by atoms with E-state index in [4.69, 9.17) is 5.73 Å². The number of anilines is 1. The number of sulfonamides is 1. The lowest BCUT2D eigenvalue weighted by Crippen LogP contribution is -2.39. The molecule has 33 heavy (non-hydrogen) atoms. The summed E-state index contributed by atoms with van der Waals surface area (Å²) in [5, 5.41) is 2.73. The van der Waals surface area contributed by atoms with Gasteiger partial charge in [0.05, 0.1) is 6.04 Å². The number of rotatable bonds is 9. The van der Waals surface area contributed by atoms with Crippen molar-refractivity contribution in [2.24, 2.45) is 5.73 Å². The minimum atomic E-state index is -4.06. The van der Waals surface area contributed by atoms with Crippen LogP contribution in [0, 0.1) is 5.82 Å². The van der Waals surface area contributed by atoms with Crippen LogP contribution in [0.2, 0.25) is 0 Å². The Hall–Kier alpha value is -2.82. The molecule has 1 unspecified atom stereocenters. The van der Waals surface area contributed by atoms with Gasteiger partial charge in [0.2, 0.25) is 15.9 Å². The van der Waals surface area contributed by atoms with Gasteiger partial charge in [-0.05, 0) is 55.3 Å². The number of hydrogen-bond donors (Lipinski definition) is 2. The molecule has 0 aliphatic carbocycles. The Labute approximate surface area is 193 Å². The highest BCUT2D eigenvalue weighted by molar-refractivity contribution is 7.89. The molecular weight excluding hydrogens is 447 g/mol. The predicted molar refractivity (Wildman–Crippen MR) is 124 cm³/mol. The fourth-order valence-electron chi connectivity index (χ4n) is 4.07. The molecule has 2 amide bonds. The Morgan fingerprint density at radius 1 is 1.18 bits per heavy atom. The fraction of sp³-hybridized carbons (Fsp3) is 0.391. The van der Waals surface area contributed by atoms with Crippen LogP contribution in [-0.4, -0.2) is 55.1 Å². The predicted octanol–water partition coefficient (Wildman–Crippen LogP) is 2.56. The molecule has 0 aromatic heterocycles. The standard InChI is InChI=1S/C23H29FN4O4S/c1-3-28(4-2)33(31,32)21-14-17(10-11-19(21)24)23(30)26-18-8-5-7-16(13-18)15-27-12-6-9-20(27)22(25)29/h5,7-8,10-11,13-14,20H,3-4,6,9,12,15H2,1-2H3,(H2,25,29)(H,26,30). The number of benzene rings is 2. The maximum Gasteiger partial charge on any atom is 0.255 e. The molecule has 0 radical (unpaired) electrons. The van der Waals surface area contributed by atoms with E-state index in [2.05, 4.69) is 5.32 Å². The fourth-order valence-corrected chi connectivity index (χ4v) is 5.62. The first-order valence-corrected chi connectivity index (χ1v) is 12.3. The van der Waals surface area contributed by atoms with Crippen molar-refractivity contribution in [1.29, 1.82) is 0 Å². The van der Waals surface area contributed by atoms with E-state index in [-0.39, 0.29) is 30.6 Å². The highest BCUT2D eigenvalue weighted by Crippen LogP contribution is 2.23. The van der Waals surface area contributed by atoms with Gasteiger partial charge in [-0.15, -0.1) is 0 Å². The molecular formula is C23H29FN4O4S. The number of hydrogen-bond acceptors (Lipinski definition) is 5. The highest BCUT2D eigenvalue weighted by Gasteiger charge is 2.29. The summed E-state index contributed by atoms with van der Waals surface area (Å²) in [5.41, 5.74) is 6.91. The van der Waals surface area contributed by atoms with Crippen LogP contribution in [0.1, 0.15) is 42.6 Å². The van der Waals surface area contributed by atoms with Crippen molar-refractivity contribution in [1.82, 2.24) is 9.21 Å². The van der Waals surface area contributed by atoms with Crippen LogP contribution in [0.15, 0.2) is 47.4 Å². The lowest BCUT2D eigenvalue weighted by Gasteiger charge is -2.22. The summed E-state index contributed by atoms with van der Waals surface area (Å²) in [6.07, 6.45) is 1.63. The molecule has 1 atom stereocenters. The van der Waals surface area contributed by atoms with Crippen LogP contribution in [0.5, 0.6) is 0 Å². The number of carbonyl (C=O) groups excluding carboxylic acids is 2. The van der Waals surface area contributed by atoms with E-state index in [0.717, 1.165) is 41.4 Å². The maximum absolute atomic E-state index is 14.3. The molecule has 1 aliphatic heterocycles. The Kier molecular flexibility index (Phi) is 7.83. The topological polar surface area (TPSA) is 113 Å². The summed E-state index contributed by atoms with van der Waals surface area (Å²) >= 11 is 0. The SMILES string of the molecule is CCN(CC)S(=O)(=O)c1cc(C(=O)Nc2cccc(CN3CCCC3C(N)=O)c2)ccc1F. The summed E-state index contributed by atoms with van der Waals surface area (Å²) in [6.45, 7) is 4.99. The van der Waals surface area contributed by atoms with Gasteiger partial charge < -0.3 is 11.1 Å². The van der Waals surface area contributed by atoms with Gasteiger partial charge in [0.1, 0.15) is 10.7 Å². The molecule has 3 N–H and O–H groups in total. The zero-order valence-electron chi connectivity index (χ0n) is 18.8. The first kappa shape index (κ1) is 24.8. The molecule has 3 rings (SSSR count). The first-order chi connectivity index (χ1) is 15.7. The van der Waals surface area contributed by atoms with E-state index in [1.807, 2.05) is 11.0 Å². The number of nitrogens with zero attached hydrogens (tertiary/aromatic N) is 2. The van der Waals surface area contributed by atoms with Crippen molar-refractivity contribution in [2.45, 2.75) is 44.2 Å². The molecule has 0 spiro atoms. The Morgan fingerprint density at radius 2 is 1.91 bits per heavy atom. The van der Waals surface area contributed by atoms with Gasteiger partial charge in [0, 0.05) is 30.9 Å². The highest BCUT2D eigenvalue weighted by atomic mass is 32.2. The van der Waals surface area contributed by atoms with Crippen molar-refractivity contribution in [3.8, 4) is 0 Å². The third-order valence-corrected chi connectivity index (χ3v) is 7.84. The Bertz CT molecular complexity index is 1140. The van der Waals surface area contributed by atoms with Gasteiger partial charge in [-0.1, -0.05) is 26.0 Å². The van der Waals surface area contributed by atoms with E-state index < -0.39 is 26.6 Å². The second kappa shape index (κ2) is 10.4. The zero-order valence-corrected chi connectivity index (χ0v) is 19.6. The van der Waals surface area contributed by atoms with Gasteiger partial charge in [0.15, 0.2) is 0 Å². The summed E-state index contributed by atoms with van der Waals surface area (Å²) in [4.78, 5) is 25.9. The maximum atomic E-state index is 14.3. The molecule has 10 heteroatoms. The molecule has 8 nitrogen and oxygen atoms in total. The largest absolute Gasteiger partial charge is 0.368 e. The number of amides is 2. The second-order valence-electron chi connectivity index (χ2n) is 7.92. The Morgan fingerprint density at radius 3 is 2.58 bits per heavy atom. The summed E-state index contributed by atoms with van der Waals surface area (Å²) < 4.78 is 41.0. The molecule has 2 aromatic rings. The number of carbonyl (C=O) groups is 2. The number of halogens is 1. The van der Waals surface area contributed by atoms with Gasteiger partial charge in [-0.25, -0.2) is 12.8 Å². The number of primary amides is 1. The molecule has 0 bridgehead atoms. The molecule has 1 aliphatic rings. The first-order valence-electron chi connectivity index (χ1n) is 10.9. The molecule has 1 heterocycles. The van der Waals surface area contributed by atoms with Gasteiger partial charge in [-0.3, -0.25) is 14.5 Å². The van der Waals surface area contributed by atoms with E-state index >= 15 is 0 Å². The van der Waals surface area contributed by atoms with E-state index in [1.165, 1.54) is 6.07 Å². The molecule has 1 saturated heterocycles. The molecule has 178 valence electrons. The van der Waals surface area contributed by atoms with Crippen LogP contribution >= 0.6 is 0 Å². The monoisotopic (exact) mass is 476 g/mol. The number of nitrogens with two attached hydrogens (primary N) is 1. The van der Waals surface area contributed by atoms with Crippen LogP contribution in [-0.2, 0) is 21.4 Å². The van der Waals surface area contributed by atoms with Crippen molar-refractivity contribution >= 4 is 27.5 Å². The van der Waals surface area contributed by atoms with Gasteiger partial charge >= 0.3 is 0 Å². The third-order valence-electron chi connectivity index (χ3n) is 5.78. The van der Waals surface area contributed by atoms with Gasteiger partial charge in [0.25, 0.3) is 5.91 Å². The lowest BCUT2D eigenvalue weighted by atomic mass is 10.1. The normalized spacial score (nSPS) is 16.8. The summed E-state index contributed by atoms with van der Waals surface area (Å²) in [6, 6.07) is 10.1. The van der Waals surface area contributed by atoms with Crippen LogP contribution in [0.25, 0.3) is 0 Å². The average Bonchev–Trinajstić information content (AvgIpc) is 3.23. The number of likely N-dealkylation sites (tertiary alicyclic amines) is 1. The summed E-state index contributed by atoms with van der Waals surface area (Å²) in [7, 11) is -4.06.